The molecule has 0 saturated carbocycles. The van der Waals surface area contributed by atoms with Gasteiger partial charge < -0.3 is 15.3 Å². The van der Waals surface area contributed by atoms with Gasteiger partial charge in [-0.3, -0.25) is 0 Å². The van der Waals surface area contributed by atoms with Crippen LogP contribution in [-0.2, 0) is 12.8 Å². The van der Waals surface area contributed by atoms with Crippen LogP contribution in [0.5, 0.6) is 17.2 Å². The van der Waals surface area contributed by atoms with E-state index in [1.807, 2.05) is 26.0 Å². The molecule has 3 heteroatoms. The molecule has 0 aliphatic carbocycles. The normalized spacial score (nSPS) is 11.3. The number of hydrogen-bond acceptors (Lipinski definition) is 3. The van der Waals surface area contributed by atoms with Gasteiger partial charge in [-0.05, 0) is 46.7 Å². The highest BCUT2D eigenvalue weighted by Crippen LogP contribution is 2.43. The van der Waals surface area contributed by atoms with Crippen LogP contribution in [0.25, 0.3) is 10.8 Å². The molecule has 0 bridgehead atoms. The van der Waals surface area contributed by atoms with E-state index in [1.165, 1.54) is 16.3 Å². The fourth-order valence-electron chi connectivity index (χ4n) is 3.03. The van der Waals surface area contributed by atoms with Crippen LogP contribution in [0.3, 0.4) is 0 Å². The van der Waals surface area contributed by atoms with E-state index in [9.17, 15) is 15.3 Å². The molecule has 0 spiro atoms. The van der Waals surface area contributed by atoms with E-state index in [0.717, 1.165) is 6.42 Å². The first-order valence-corrected chi connectivity index (χ1v) is 8.21. The van der Waals surface area contributed by atoms with Gasteiger partial charge >= 0.3 is 0 Å². The summed E-state index contributed by atoms with van der Waals surface area (Å²) in [7, 11) is 0. The second kappa shape index (κ2) is 6.44. The topological polar surface area (TPSA) is 60.7 Å². The minimum Gasteiger partial charge on any atom is -0.504 e. The third-order valence-electron chi connectivity index (χ3n) is 4.47. The van der Waals surface area contributed by atoms with Crippen molar-refractivity contribution in [1.82, 2.24) is 0 Å². The molecule has 3 aromatic carbocycles. The molecule has 124 valence electrons. The van der Waals surface area contributed by atoms with Crippen LogP contribution >= 0.6 is 0 Å². The van der Waals surface area contributed by atoms with Crippen LogP contribution < -0.4 is 0 Å². The maximum absolute atomic E-state index is 10.1. The highest BCUT2D eigenvalue weighted by Gasteiger charge is 2.18. The second-order valence-corrected chi connectivity index (χ2v) is 6.51. The van der Waals surface area contributed by atoms with E-state index in [1.54, 1.807) is 6.07 Å². The number of benzene rings is 3. The van der Waals surface area contributed by atoms with Crippen molar-refractivity contribution in [2.24, 2.45) is 0 Å². The van der Waals surface area contributed by atoms with Gasteiger partial charge in [0.25, 0.3) is 0 Å². The van der Waals surface area contributed by atoms with Crippen molar-refractivity contribution in [3.8, 4) is 17.2 Å². The smallest absolute Gasteiger partial charge is 0.200 e. The molecule has 0 heterocycles. The molecule has 0 aromatic heterocycles. The molecule has 0 amide bonds. The van der Waals surface area contributed by atoms with E-state index in [-0.39, 0.29) is 17.4 Å². The highest BCUT2D eigenvalue weighted by molar-refractivity contribution is 5.83. The van der Waals surface area contributed by atoms with E-state index in [0.29, 0.717) is 17.5 Å². The van der Waals surface area contributed by atoms with Gasteiger partial charge in [0.15, 0.2) is 11.5 Å². The summed E-state index contributed by atoms with van der Waals surface area (Å²) in [5.41, 5.74) is 2.48. The lowest BCUT2D eigenvalue weighted by atomic mass is 9.94. The van der Waals surface area contributed by atoms with Crippen molar-refractivity contribution in [2.45, 2.75) is 32.6 Å². The maximum atomic E-state index is 10.1. The van der Waals surface area contributed by atoms with Gasteiger partial charge in [-0.2, -0.15) is 0 Å². The first kappa shape index (κ1) is 16.2. The number of aromatic hydroxyl groups is 3. The first-order valence-electron chi connectivity index (χ1n) is 8.21. The van der Waals surface area contributed by atoms with E-state index in [2.05, 4.69) is 30.3 Å². The van der Waals surface area contributed by atoms with Crippen LogP contribution in [-0.4, -0.2) is 15.3 Å². The monoisotopic (exact) mass is 322 g/mol. The summed E-state index contributed by atoms with van der Waals surface area (Å²) >= 11 is 0. The molecular formula is C21H22O3. The summed E-state index contributed by atoms with van der Waals surface area (Å²) in [5, 5.41) is 32.4. The third kappa shape index (κ3) is 3.02. The van der Waals surface area contributed by atoms with E-state index >= 15 is 0 Å². The van der Waals surface area contributed by atoms with Crippen LogP contribution in [0.1, 0.15) is 36.5 Å². The molecule has 3 N–H and O–H groups in total. The molecule has 3 nitrogen and oxygen atoms in total. The Hall–Kier alpha value is -2.68. The lowest BCUT2D eigenvalue weighted by molar-refractivity contribution is 0.361. The van der Waals surface area contributed by atoms with Crippen LogP contribution in [0, 0.1) is 0 Å². The highest BCUT2D eigenvalue weighted by atomic mass is 16.3. The first-order chi connectivity index (χ1) is 11.5. The second-order valence-electron chi connectivity index (χ2n) is 6.51. The molecule has 0 atom stereocenters. The minimum absolute atomic E-state index is 0.0657. The van der Waals surface area contributed by atoms with Crippen molar-refractivity contribution in [3.63, 3.8) is 0 Å². The molecule has 0 aliphatic heterocycles. The molecule has 3 aromatic rings. The SMILES string of the molecule is CC(C)c1cc(CCc2ccc3ccccc3c2)c(O)c(O)c1O. The average Bonchev–Trinajstić information content (AvgIpc) is 2.58. The van der Waals surface area contributed by atoms with E-state index < -0.39 is 5.75 Å². The molecule has 0 saturated heterocycles. The van der Waals surface area contributed by atoms with Crippen LogP contribution in [0.15, 0.2) is 48.5 Å². The Balaban J connectivity index is 1.87. The maximum Gasteiger partial charge on any atom is 0.200 e. The molecule has 0 radical (unpaired) electrons. The summed E-state index contributed by atoms with van der Waals surface area (Å²) in [6.07, 6.45) is 1.35. The molecule has 0 fully saturated rings. The Morgan fingerprint density at radius 3 is 2.17 bits per heavy atom. The van der Waals surface area contributed by atoms with Gasteiger partial charge in [-0.15, -0.1) is 0 Å². The Morgan fingerprint density at radius 1 is 0.750 bits per heavy atom. The zero-order valence-electron chi connectivity index (χ0n) is 14.0. The number of aryl methyl sites for hydroxylation is 2. The molecule has 0 unspecified atom stereocenters. The average molecular weight is 322 g/mol. The van der Waals surface area contributed by atoms with Gasteiger partial charge in [-0.25, -0.2) is 0 Å². The van der Waals surface area contributed by atoms with Gasteiger partial charge in [0.2, 0.25) is 5.75 Å². The predicted molar refractivity (Wildman–Crippen MR) is 96.9 cm³/mol. The number of phenolic OH excluding ortho intramolecular Hbond substituents is 3. The summed E-state index contributed by atoms with van der Waals surface area (Å²) in [4.78, 5) is 0. The standard InChI is InChI=1S/C21H22O3/c1-13(2)18-12-17(19(22)21(24)20(18)23)10-8-14-7-9-15-5-3-4-6-16(15)11-14/h3-7,9,11-13,22-24H,8,10H2,1-2H3. The van der Waals surface area contributed by atoms with Gasteiger partial charge in [-0.1, -0.05) is 56.3 Å². The molecule has 3 rings (SSSR count). The number of fused-ring (bicyclic) bond motifs is 1. The summed E-state index contributed by atoms with van der Waals surface area (Å²) in [5.74, 6) is -0.805. The fraction of sp³-hybridized carbons (Fsp3) is 0.238. The molecular weight excluding hydrogens is 300 g/mol. The van der Waals surface area contributed by atoms with Crippen LogP contribution in [0.4, 0.5) is 0 Å². The Bertz CT molecular complexity index is 882. The van der Waals surface area contributed by atoms with Crippen molar-refractivity contribution >= 4 is 10.8 Å². The summed E-state index contributed by atoms with van der Waals surface area (Å²) in [6.45, 7) is 3.89. The predicted octanol–water partition coefficient (Wildman–Crippen LogP) is 4.87. The summed E-state index contributed by atoms with van der Waals surface area (Å²) < 4.78 is 0. The van der Waals surface area contributed by atoms with Crippen LogP contribution in [0.2, 0.25) is 0 Å². The Labute approximate surface area is 141 Å². The van der Waals surface area contributed by atoms with Gasteiger partial charge in [0, 0.05) is 5.56 Å². The van der Waals surface area contributed by atoms with Gasteiger partial charge in [0.1, 0.15) is 0 Å². The zero-order valence-corrected chi connectivity index (χ0v) is 14.0. The largest absolute Gasteiger partial charge is 0.504 e. The Morgan fingerprint density at radius 2 is 1.46 bits per heavy atom. The number of phenols is 3. The van der Waals surface area contributed by atoms with Crippen molar-refractivity contribution in [2.75, 3.05) is 0 Å². The van der Waals surface area contributed by atoms with Crippen molar-refractivity contribution in [1.29, 1.82) is 0 Å². The quantitative estimate of drug-likeness (QED) is 0.601. The fourth-order valence-corrected chi connectivity index (χ4v) is 3.03. The number of hydrogen-bond donors (Lipinski definition) is 3. The lowest BCUT2D eigenvalue weighted by Gasteiger charge is -2.15. The molecule has 24 heavy (non-hydrogen) atoms. The van der Waals surface area contributed by atoms with E-state index in [4.69, 9.17) is 0 Å². The zero-order chi connectivity index (χ0) is 17.3. The molecule has 0 aliphatic rings. The number of rotatable bonds is 4. The third-order valence-corrected chi connectivity index (χ3v) is 4.47. The van der Waals surface area contributed by atoms with Crippen molar-refractivity contribution < 1.29 is 15.3 Å². The summed E-state index contributed by atoms with van der Waals surface area (Å²) in [6, 6.07) is 16.3. The Kier molecular flexibility index (Phi) is 4.34. The van der Waals surface area contributed by atoms with Gasteiger partial charge in [0.05, 0.1) is 0 Å². The lowest BCUT2D eigenvalue weighted by Crippen LogP contribution is -1.97. The van der Waals surface area contributed by atoms with Crippen molar-refractivity contribution in [3.05, 3.63) is 65.2 Å². The minimum atomic E-state index is -0.422.